The SMILES string of the molecule is CCCCC(=O)NC1CCCC(C)C1C. The van der Waals surface area contributed by atoms with E-state index in [0.29, 0.717) is 18.4 Å². The van der Waals surface area contributed by atoms with E-state index in [4.69, 9.17) is 0 Å². The zero-order valence-electron chi connectivity index (χ0n) is 10.4. The van der Waals surface area contributed by atoms with Crippen molar-refractivity contribution in [2.45, 2.75) is 65.3 Å². The van der Waals surface area contributed by atoms with Crippen molar-refractivity contribution in [1.29, 1.82) is 0 Å². The first-order valence-electron chi connectivity index (χ1n) is 6.44. The van der Waals surface area contributed by atoms with Crippen molar-refractivity contribution in [3.8, 4) is 0 Å². The van der Waals surface area contributed by atoms with Gasteiger partial charge in [-0.15, -0.1) is 0 Å². The van der Waals surface area contributed by atoms with Crippen molar-refractivity contribution in [3.63, 3.8) is 0 Å². The number of hydrogen-bond acceptors (Lipinski definition) is 1. The number of carbonyl (C=O) groups excluding carboxylic acids is 1. The van der Waals surface area contributed by atoms with E-state index >= 15 is 0 Å². The van der Waals surface area contributed by atoms with Crippen molar-refractivity contribution in [1.82, 2.24) is 5.32 Å². The van der Waals surface area contributed by atoms with Crippen LogP contribution in [-0.4, -0.2) is 11.9 Å². The molecular weight excluding hydrogens is 186 g/mol. The van der Waals surface area contributed by atoms with E-state index in [1.165, 1.54) is 19.3 Å². The van der Waals surface area contributed by atoms with Crippen LogP contribution in [0.4, 0.5) is 0 Å². The molecule has 0 saturated heterocycles. The molecule has 0 aromatic heterocycles. The van der Waals surface area contributed by atoms with Crippen molar-refractivity contribution in [2.75, 3.05) is 0 Å². The predicted octanol–water partition coefficient (Wildman–Crippen LogP) is 3.12. The Bertz CT molecular complexity index is 203. The summed E-state index contributed by atoms with van der Waals surface area (Å²) in [7, 11) is 0. The Morgan fingerprint density at radius 2 is 2.07 bits per heavy atom. The third-order valence-corrected chi connectivity index (χ3v) is 3.81. The van der Waals surface area contributed by atoms with Crippen LogP contribution in [0.15, 0.2) is 0 Å². The maximum Gasteiger partial charge on any atom is 0.220 e. The lowest BCUT2D eigenvalue weighted by Gasteiger charge is -2.34. The van der Waals surface area contributed by atoms with Crippen LogP contribution in [0.3, 0.4) is 0 Å². The van der Waals surface area contributed by atoms with E-state index in [1.54, 1.807) is 0 Å². The first-order chi connectivity index (χ1) is 7.15. The Labute approximate surface area is 93.8 Å². The topological polar surface area (TPSA) is 29.1 Å². The molecule has 2 nitrogen and oxygen atoms in total. The smallest absolute Gasteiger partial charge is 0.220 e. The summed E-state index contributed by atoms with van der Waals surface area (Å²) in [4.78, 5) is 11.6. The number of hydrogen-bond donors (Lipinski definition) is 1. The average Bonchev–Trinajstić information content (AvgIpc) is 2.22. The molecule has 1 saturated carbocycles. The van der Waals surface area contributed by atoms with Gasteiger partial charge in [0, 0.05) is 12.5 Å². The van der Waals surface area contributed by atoms with Gasteiger partial charge < -0.3 is 5.32 Å². The monoisotopic (exact) mass is 211 g/mol. The lowest BCUT2D eigenvalue weighted by molar-refractivity contribution is -0.122. The molecule has 1 aliphatic rings. The highest BCUT2D eigenvalue weighted by Crippen LogP contribution is 2.29. The second kappa shape index (κ2) is 6.14. The standard InChI is InChI=1S/C13H25NO/c1-4-5-9-13(15)14-12-8-6-7-10(2)11(12)3/h10-12H,4-9H2,1-3H3,(H,14,15). The molecule has 1 amide bonds. The van der Waals surface area contributed by atoms with Gasteiger partial charge in [-0.05, 0) is 24.7 Å². The molecule has 1 aliphatic carbocycles. The van der Waals surface area contributed by atoms with E-state index in [2.05, 4.69) is 26.1 Å². The fourth-order valence-corrected chi connectivity index (χ4v) is 2.40. The molecule has 1 fully saturated rings. The van der Waals surface area contributed by atoms with Gasteiger partial charge in [-0.3, -0.25) is 4.79 Å². The van der Waals surface area contributed by atoms with E-state index in [9.17, 15) is 4.79 Å². The molecule has 1 rings (SSSR count). The lowest BCUT2D eigenvalue weighted by atomic mass is 9.78. The quantitative estimate of drug-likeness (QED) is 0.760. The maximum atomic E-state index is 11.6. The van der Waals surface area contributed by atoms with Crippen LogP contribution < -0.4 is 5.32 Å². The molecule has 0 spiro atoms. The average molecular weight is 211 g/mol. The van der Waals surface area contributed by atoms with Gasteiger partial charge in [-0.2, -0.15) is 0 Å². The highest BCUT2D eigenvalue weighted by molar-refractivity contribution is 5.76. The summed E-state index contributed by atoms with van der Waals surface area (Å²) >= 11 is 0. The normalized spacial score (nSPS) is 31.3. The zero-order valence-corrected chi connectivity index (χ0v) is 10.4. The van der Waals surface area contributed by atoms with Gasteiger partial charge in [-0.25, -0.2) is 0 Å². The van der Waals surface area contributed by atoms with Gasteiger partial charge in [-0.1, -0.05) is 40.0 Å². The van der Waals surface area contributed by atoms with E-state index in [-0.39, 0.29) is 5.91 Å². The highest BCUT2D eigenvalue weighted by atomic mass is 16.1. The number of nitrogens with one attached hydrogen (secondary N) is 1. The summed E-state index contributed by atoms with van der Waals surface area (Å²) in [6.45, 7) is 6.70. The predicted molar refractivity (Wildman–Crippen MR) is 63.6 cm³/mol. The Morgan fingerprint density at radius 3 is 2.73 bits per heavy atom. The summed E-state index contributed by atoms with van der Waals surface area (Å²) in [5.41, 5.74) is 0. The minimum atomic E-state index is 0.253. The molecule has 0 bridgehead atoms. The van der Waals surface area contributed by atoms with Crippen molar-refractivity contribution in [2.24, 2.45) is 11.8 Å². The number of amides is 1. The molecule has 0 heterocycles. The minimum absolute atomic E-state index is 0.253. The Balaban J connectivity index is 2.33. The second-order valence-electron chi connectivity index (χ2n) is 5.04. The van der Waals surface area contributed by atoms with E-state index in [0.717, 1.165) is 18.8 Å². The van der Waals surface area contributed by atoms with Crippen LogP contribution in [0.25, 0.3) is 0 Å². The third-order valence-electron chi connectivity index (χ3n) is 3.81. The largest absolute Gasteiger partial charge is 0.353 e. The van der Waals surface area contributed by atoms with Gasteiger partial charge in [0.15, 0.2) is 0 Å². The molecule has 0 aromatic rings. The molecule has 0 aliphatic heterocycles. The fourth-order valence-electron chi connectivity index (χ4n) is 2.40. The fraction of sp³-hybridized carbons (Fsp3) is 0.923. The highest BCUT2D eigenvalue weighted by Gasteiger charge is 2.27. The third kappa shape index (κ3) is 3.84. The number of rotatable bonds is 4. The summed E-state index contributed by atoms with van der Waals surface area (Å²) in [5.74, 6) is 1.65. The summed E-state index contributed by atoms with van der Waals surface area (Å²) in [5, 5.41) is 3.19. The van der Waals surface area contributed by atoms with Crippen molar-refractivity contribution in [3.05, 3.63) is 0 Å². The van der Waals surface area contributed by atoms with Crippen LogP contribution in [0.1, 0.15) is 59.3 Å². The Kier molecular flexibility index (Phi) is 5.13. The number of carbonyl (C=O) groups is 1. The summed E-state index contributed by atoms with van der Waals surface area (Å²) in [6.07, 6.45) is 6.58. The maximum absolute atomic E-state index is 11.6. The van der Waals surface area contributed by atoms with E-state index < -0.39 is 0 Å². The molecule has 15 heavy (non-hydrogen) atoms. The Morgan fingerprint density at radius 1 is 1.33 bits per heavy atom. The molecule has 88 valence electrons. The van der Waals surface area contributed by atoms with Crippen LogP contribution in [-0.2, 0) is 4.79 Å². The molecular formula is C13H25NO. The second-order valence-corrected chi connectivity index (χ2v) is 5.04. The summed E-state index contributed by atoms with van der Waals surface area (Å²) in [6, 6.07) is 0.429. The van der Waals surface area contributed by atoms with Crippen LogP contribution >= 0.6 is 0 Å². The number of unbranched alkanes of at least 4 members (excludes halogenated alkanes) is 1. The Hall–Kier alpha value is -0.530. The molecule has 3 atom stereocenters. The zero-order chi connectivity index (χ0) is 11.3. The molecule has 1 N–H and O–H groups in total. The molecule has 0 radical (unpaired) electrons. The van der Waals surface area contributed by atoms with Crippen molar-refractivity contribution < 1.29 is 4.79 Å². The van der Waals surface area contributed by atoms with Crippen LogP contribution in [0, 0.1) is 11.8 Å². The van der Waals surface area contributed by atoms with Gasteiger partial charge in [0.2, 0.25) is 5.91 Å². The van der Waals surface area contributed by atoms with Gasteiger partial charge in [0.05, 0.1) is 0 Å². The van der Waals surface area contributed by atoms with Crippen molar-refractivity contribution >= 4 is 5.91 Å². The molecule has 0 aromatic carbocycles. The van der Waals surface area contributed by atoms with E-state index in [1.807, 2.05) is 0 Å². The first kappa shape index (κ1) is 12.5. The van der Waals surface area contributed by atoms with Gasteiger partial charge in [0.1, 0.15) is 0 Å². The van der Waals surface area contributed by atoms with Gasteiger partial charge >= 0.3 is 0 Å². The van der Waals surface area contributed by atoms with Crippen LogP contribution in [0.5, 0.6) is 0 Å². The lowest BCUT2D eigenvalue weighted by Crippen LogP contribution is -2.43. The molecule has 3 unspecified atom stereocenters. The molecule has 2 heteroatoms. The van der Waals surface area contributed by atoms with Crippen LogP contribution in [0.2, 0.25) is 0 Å². The summed E-state index contributed by atoms with van der Waals surface area (Å²) < 4.78 is 0. The van der Waals surface area contributed by atoms with Gasteiger partial charge in [0.25, 0.3) is 0 Å². The minimum Gasteiger partial charge on any atom is -0.353 e. The first-order valence-corrected chi connectivity index (χ1v) is 6.44.